The maximum Gasteiger partial charge on any atom is 0.235 e. The number of hydrogen-bond donors (Lipinski definition) is 2. The second-order valence-corrected chi connectivity index (χ2v) is 7.63. The summed E-state index contributed by atoms with van der Waals surface area (Å²) >= 11 is 0. The predicted molar refractivity (Wildman–Crippen MR) is 110 cm³/mol. The highest BCUT2D eigenvalue weighted by atomic mass is 16.7. The van der Waals surface area contributed by atoms with Gasteiger partial charge in [-0.1, -0.05) is 57.2 Å². The van der Waals surface area contributed by atoms with Gasteiger partial charge >= 0.3 is 0 Å². The summed E-state index contributed by atoms with van der Waals surface area (Å²) in [6, 6.07) is 13.2. The standard InChI is InChI=1S/C22H30N2O4/c1-22(2,3)20(21(23)25)24-13-15-9-8-11-17(19(15)28-14-26-4)16-10-6-7-12-18(16)27-5/h6-12,20,24H,13-14H2,1-5H3,(H2,23,25)/t20-/m1/s1. The molecule has 0 aromatic heterocycles. The maximum absolute atomic E-state index is 11.9. The Kier molecular flexibility index (Phi) is 7.43. The molecule has 1 atom stereocenters. The molecule has 28 heavy (non-hydrogen) atoms. The van der Waals surface area contributed by atoms with Crippen LogP contribution in [0.3, 0.4) is 0 Å². The molecule has 152 valence electrons. The first kappa shape index (κ1) is 21.7. The molecule has 6 nitrogen and oxygen atoms in total. The number of carbonyl (C=O) groups is 1. The van der Waals surface area contributed by atoms with Crippen molar-refractivity contribution >= 4 is 5.91 Å². The minimum atomic E-state index is -0.474. The van der Waals surface area contributed by atoms with E-state index < -0.39 is 6.04 Å². The molecule has 2 rings (SSSR count). The van der Waals surface area contributed by atoms with Crippen LogP contribution in [0.2, 0.25) is 0 Å². The number of rotatable bonds is 9. The molecule has 0 aliphatic carbocycles. The van der Waals surface area contributed by atoms with Gasteiger partial charge in [-0.05, 0) is 11.5 Å². The van der Waals surface area contributed by atoms with E-state index in [0.29, 0.717) is 12.3 Å². The van der Waals surface area contributed by atoms with Crippen LogP contribution in [0.1, 0.15) is 26.3 Å². The summed E-state index contributed by atoms with van der Waals surface area (Å²) in [4.78, 5) is 11.9. The van der Waals surface area contributed by atoms with Gasteiger partial charge in [0.1, 0.15) is 11.5 Å². The molecule has 0 unspecified atom stereocenters. The quantitative estimate of drug-likeness (QED) is 0.646. The van der Waals surface area contributed by atoms with Crippen molar-refractivity contribution in [3.8, 4) is 22.6 Å². The zero-order valence-electron chi connectivity index (χ0n) is 17.2. The number of benzene rings is 2. The summed E-state index contributed by atoms with van der Waals surface area (Å²) in [5, 5.41) is 3.27. The third kappa shape index (κ3) is 5.24. The van der Waals surface area contributed by atoms with E-state index in [2.05, 4.69) is 5.32 Å². The number of amides is 1. The van der Waals surface area contributed by atoms with Gasteiger partial charge in [-0.2, -0.15) is 0 Å². The molecule has 6 heteroatoms. The maximum atomic E-state index is 11.9. The number of nitrogens with two attached hydrogens (primary N) is 1. The number of carbonyl (C=O) groups excluding carboxylic acids is 1. The molecule has 0 saturated carbocycles. The van der Waals surface area contributed by atoms with Crippen LogP contribution in [-0.4, -0.2) is 33.0 Å². The smallest absolute Gasteiger partial charge is 0.235 e. The Bertz CT molecular complexity index is 799. The topological polar surface area (TPSA) is 82.8 Å². The van der Waals surface area contributed by atoms with Crippen LogP contribution in [0.15, 0.2) is 42.5 Å². The number of primary amides is 1. The van der Waals surface area contributed by atoms with Crippen LogP contribution in [0.4, 0.5) is 0 Å². The molecule has 0 saturated heterocycles. The van der Waals surface area contributed by atoms with E-state index >= 15 is 0 Å². The predicted octanol–water partition coefficient (Wildman–Crippen LogP) is 3.33. The Morgan fingerprint density at radius 3 is 2.36 bits per heavy atom. The van der Waals surface area contributed by atoms with Crippen molar-refractivity contribution in [2.24, 2.45) is 11.1 Å². The van der Waals surface area contributed by atoms with Gasteiger partial charge in [0.25, 0.3) is 0 Å². The van der Waals surface area contributed by atoms with Gasteiger partial charge < -0.3 is 25.3 Å². The normalized spacial score (nSPS) is 12.5. The van der Waals surface area contributed by atoms with Gasteiger partial charge in [0.15, 0.2) is 6.79 Å². The SMILES string of the molecule is COCOc1c(CN[C@H](C(N)=O)C(C)(C)C)cccc1-c1ccccc1OC. The lowest BCUT2D eigenvalue weighted by atomic mass is 9.86. The van der Waals surface area contributed by atoms with E-state index in [1.54, 1.807) is 14.2 Å². The van der Waals surface area contributed by atoms with Crippen molar-refractivity contribution in [1.29, 1.82) is 0 Å². The molecule has 1 amide bonds. The van der Waals surface area contributed by atoms with E-state index in [-0.39, 0.29) is 18.1 Å². The third-order valence-corrected chi connectivity index (χ3v) is 4.46. The van der Waals surface area contributed by atoms with Crippen LogP contribution in [0, 0.1) is 5.41 Å². The Morgan fingerprint density at radius 1 is 1.07 bits per heavy atom. The second-order valence-electron chi connectivity index (χ2n) is 7.63. The highest BCUT2D eigenvalue weighted by Crippen LogP contribution is 2.38. The lowest BCUT2D eigenvalue weighted by Gasteiger charge is -2.29. The summed E-state index contributed by atoms with van der Waals surface area (Å²) in [7, 11) is 3.22. The molecule has 0 spiro atoms. The highest BCUT2D eigenvalue weighted by Gasteiger charge is 2.29. The average Bonchev–Trinajstić information content (AvgIpc) is 2.65. The van der Waals surface area contributed by atoms with Gasteiger partial charge in [0.05, 0.1) is 13.2 Å². The first-order valence-electron chi connectivity index (χ1n) is 9.19. The van der Waals surface area contributed by atoms with E-state index in [1.165, 1.54) is 0 Å². The summed E-state index contributed by atoms with van der Waals surface area (Å²) < 4.78 is 16.5. The Balaban J connectivity index is 2.43. The molecular formula is C22H30N2O4. The van der Waals surface area contributed by atoms with Crippen LogP contribution in [0.25, 0.3) is 11.1 Å². The van der Waals surface area contributed by atoms with Gasteiger partial charge in [-0.3, -0.25) is 4.79 Å². The van der Waals surface area contributed by atoms with Crippen molar-refractivity contribution in [3.63, 3.8) is 0 Å². The van der Waals surface area contributed by atoms with Crippen LogP contribution in [0.5, 0.6) is 11.5 Å². The van der Waals surface area contributed by atoms with E-state index in [4.69, 9.17) is 19.9 Å². The molecule has 0 radical (unpaired) electrons. The largest absolute Gasteiger partial charge is 0.496 e. The molecule has 0 fully saturated rings. The molecule has 0 bridgehead atoms. The minimum Gasteiger partial charge on any atom is -0.496 e. The third-order valence-electron chi connectivity index (χ3n) is 4.46. The average molecular weight is 386 g/mol. The van der Waals surface area contributed by atoms with Crippen molar-refractivity contribution in [2.75, 3.05) is 21.0 Å². The molecular weight excluding hydrogens is 356 g/mol. The van der Waals surface area contributed by atoms with E-state index in [9.17, 15) is 4.79 Å². The van der Waals surface area contributed by atoms with Crippen LogP contribution < -0.4 is 20.5 Å². The van der Waals surface area contributed by atoms with Gasteiger partial charge in [0.2, 0.25) is 5.91 Å². The van der Waals surface area contributed by atoms with Crippen molar-refractivity contribution in [2.45, 2.75) is 33.4 Å². The number of nitrogens with one attached hydrogen (secondary N) is 1. The lowest BCUT2D eigenvalue weighted by Crippen LogP contribution is -2.49. The zero-order chi connectivity index (χ0) is 20.7. The summed E-state index contributed by atoms with van der Waals surface area (Å²) in [6.07, 6.45) is 0. The van der Waals surface area contributed by atoms with Crippen LogP contribution in [-0.2, 0) is 16.1 Å². The number of methoxy groups -OCH3 is 2. The highest BCUT2D eigenvalue weighted by molar-refractivity contribution is 5.81. The van der Waals surface area contributed by atoms with Gasteiger partial charge in [-0.15, -0.1) is 0 Å². The van der Waals surface area contributed by atoms with Crippen LogP contribution >= 0.6 is 0 Å². The Morgan fingerprint density at radius 2 is 1.75 bits per heavy atom. The van der Waals surface area contributed by atoms with E-state index in [1.807, 2.05) is 63.2 Å². The number of ether oxygens (including phenoxy) is 3. The molecule has 2 aromatic carbocycles. The fourth-order valence-corrected chi connectivity index (χ4v) is 3.14. The first-order chi connectivity index (χ1) is 13.3. The lowest BCUT2D eigenvalue weighted by molar-refractivity contribution is -0.122. The molecule has 0 heterocycles. The number of hydrogen-bond acceptors (Lipinski definition) is 5. The monoisotopic (exact) mass is 386 g/mol. The summed E-state index contributed by atoms with van der Waals surface area (Å²) in [6.45, 7) is 6.46. The molecule has 0 aliphatic rings. The number of para-hydroxylation sites is 2. The van der Waals surface area contributed by atoms with E-state index in [0.717, 1.165) is 22.4 Å². The van der Waals surface area contributed by atoms with Gasteiger partial charge in [0, 0.05) is 30.3 Å². The fourth-order valence-electron chi connectivity index (χ4n) is 3.14. The second kappa shape index (κ2) is 9.57. The van der Waals surface area contributed by atoms with Gasteiger partial charge in [-0.25, -0.2) is 0 Å². The Hall–Kier alpha value is -2.57. The van der Waals surface area contributed by atoms with Crippen molar-refractivity contribution in [1.82, 2.24) is 5.32 Å². The summed E-state index contributed by atoms with van der Waals surface area (Å²) in [5.74, 6) is 1.05. The zero-order valence-corrected chi connectivity index (χ0v) is 17.2. The Labute approximate surface area is 167 Å². The fraction of sp³-hybridized carbons (Fsp3) is 0.409. The van der Waals surface area contributed by atoms with Crippen molar-refractivity contribution in [3.05, 3.63) is 48.0 Å². The van der Waals surface area contributed by atoms with Crippen molar-refractivity contribution < 1.29 is 19.0 Å². The summed E-state index contributed by atoms with van der Waals surface area (Å²) in [5.41, 5.74) is 7.99. The minimum absolute atomic E-state index is 0.109. The molecule has 0 aliphatic heterocycles. The molecule has 2 aromatic rings. The first-order valence-corrected chi connectivity index (χ1v) is 9.19. The molecule has 3 N–H and O–H groups in total.